The summed E-state index contributed by atoms with van der Waals surface area (Å²) >= 11 is 0. The second kappa shape index (κ2) is 5.89. The number of hydrogen-bond acceptors (Lipinski definition) is 3. The van der Waals surface area contributed by atoms with E-state index in [1.54, 1.807) is 11.9 Å². The summed E-state index contributed by atoms with van der Waals surface area (Å²) in [6.07, 6.45) is 1.20. The first-order valence-corrected chi connectivity index (χ1v) is 6.57. The number of carbonyl (C=O) groups excluding carboxylic acids is 1. The number of nitrogens with two attached hydrogens (primary N) is 1. The van der Waals surface area contributed by atoms with Crippen LogP contribution in [0.1, 0.15) is 31.6 Å². The molecule has 1 atom stereocenters. The minimum absolute atomic E-state index is 0.0716. The van der Waals surface area contributed by atoms with E-state index in [4.69, 9.17) is 10.2 Å². The summed E-state index contributed by atoms with van der Waals surface area (Å²) in [6, 6.07) is 9.77. The van der Waals surface area contributed by atoms with Crippen molar-refractivity contribution < 1.29 is 9.21 Å². The average Bonchev–Trinajstić information content (AvgIpc) is 2.86. The maximum absolute atomic E-state index is 12.0. The molecule has 0 fully saturated rings. The van der Waals surface area contributed by atoms with E-state index in [9.17, 15) is 4.79 Å². The molecular formula is C15H20N2O2. The lowest BCUT2D eigenvalue weighted by molar-refractivity contribution is -0.132. The van der Waals surface area contributed by atoms with E-state index < -0.39 is 0 Å². The van der Waals surface area contributed by atoms with E-state index >= 15 is 0 Å². The van der Waals surface area contributed by atoms with Gasteiger partial charge >= 0.3 is 0 Å². The Morgan fingerprint density at radius 2 is 2.16 bits per heavy atom. The molecule has 1 unspecified atom stereocenters. The number of nitrogens with zero attached hydrogens (tertiary/aromatic N) is 1. The van der Waals surface area contributed by atoms with Crippen LogP contribution in [0.5, 0.6) is 0 Å². The van der Waals surface area contributed by atoms with Crippen molar-refractivity contribution in [3.05, 3.63) is 36.1 Å². The van der Waals surface area contributed by atoms with E-state index in [2.05, 4.69) is 0 Å². The molecule has 0 radical (unpaired) electrons. The quantitative estimate of drug-likeness (QED) is 0.899. The van der Waals surface area contributed by atoms with Crippen LogP contribution in [0.25, 0.3) is 11.0 Å². The predicted molar refractivity (Wildman–Crippen MR) is 75.7 cm³/mol. The topological polar surface area (TPSA) is 59.5 Å². The second-order valence-corrected chi connectivity index (χ2v) is 4.76. The summed E-state index contributed by atoms with van der Waals surface area (Å²) in [5, 5.41) is 1.06. The van der Waals surface area contributed by atoms with Gasteiger partial charge in [0.2, 0.25) is 5.91 Å². The fraction of sp³-hybridized carbons (Fsp3) is 0.400. The molecule has 0 spiro atoms. The Balaban J connectivity index is 2.14. The average molecular weight is 260 g/mol. The molecular weight excluding hydrogens is 240 g/mol. The Morgan fingerprint density at radius 1 is 1.42 bits per heavy atom. The van der Waals surface area contributed by atoms with Crippen molar-refractivity contribution >= 4 is 16.9 Å². The first kappa shape index (κ1) is 13.6. The number of furan rings is 1. The molecule has 0 saturated carbocycles. The fourth-order valence-corrected chi connectivity index (χ4v) is 2.04. The van der Waals surface area contributed by atoms with Gasteiger partial charge in [-0.1, -0.05) is 18.2 Å². The Labute approximate surface area is 113 Å². The number of rotatable bonds is 5. The van der Waals surface area contributed by atoms with Crippen molar-refractivity contribution in [2.75, 3.05) is 13.6 Å². The summed E-state index contributed by atoms with van der Waals surface area (Å²) < 4.78 is 5.79. The first-order valence-electron chi connectivity index (χ1n) is 6.57. The summed E-state index contributed by atoms with van der Waals surface area (Å²) in [5.41, 5.74) is 6.28. The largest absolute Gasteiger partial charge is 0.459 e. The number of para-hydroxylation sites is 1. The van der Waals surface area contributed by atoms with E-state index in [0.29, 0.717) is 13.0 Å². The fourth-order valence-electron chi connectivity index (χ4n) is 2.04. The Hall–Kier alpha value is -1.81. The molecule has 1 amide bonds. The van der Waals surface area contributed by atoms with Crippen molar-refractivity contribution in [3.8, 4) is 0 Å². The van der Waals surface area contributed by atoms with Crippen molar-refractivity contribution in [3.63, 3.8) is 0 Å². The van der Waals surface area contributed by atoms with Crippen molar-refractivity contribution in [1.29, 1.82) is 0 Å². The molecule has 1 heterocycles. The first-order chi connectivity index (χ1) is 9.13. The molecule has 0 aliphatic heterocycles. The van der Waals surface area contributed by atoms with Gasteiger partial charge in [-0.25, -0.2) is 0 Å². The lowest BCUT2D eigenvalue weighted by Crippen LogP contribution is -2.29. The van der Waals surface area contributed by atoms with Gasteiger partial charge < -0.3 is 15.1 Å². The third-order valence-corrected chi connectivity index (χ3v) is 3.43. The highest BCUT2D eigenvalue weighted by molar-refractivity contribution is 5.79. The van der Waals surface area contributed by atoms with Gasteiger partial charge in [0.1, 0.15) is 11.3 Å². The third-order valence-electron chi connectivity index (χ3n) is 3.43. The number of hydrogen-bond donors (Lipinski definition) is 1. The highest BCUT2D eigenvalue weighted by Crippen LogP contribution is 2.26. The van der Waals surface area contributed by atoms with Crippen LogP contribution in [-0.4, -0.2) is 24.4 Å². The SMILES string of the molecule is CC(c1cc2ccccc2o1)N(C)C(=O)CCCN. The van der Waals surface area contributed by atoms with E-state index in [1.807, 2.05) is 37.3 Å². The van der Waals surface area contributed by atoms with Gasteiger partial charge in [0.05, 0.1) is 6.04 Å². The molecule has 19 heavy (non-hydrogen) atoms. The molecule has 4 heteroatoms. The normalized spacial score (nSPS) is 12.6. The van der Waals surface area contributed by atoms with Crippen LogP contribution in [0.3, 0.4) is 0 Å². The van der Waals surface area contributed by atoms with Crippen LogP contribution in [0, 0.1) is 0 Å². The minimum atomic E-state index is -0.0716. The van der Waals surface area contributed by atoms with E-state index in [-0.39, 0.29) is 11.9 Å². The van der Waals surface area contributed by atoms with Crippen molar-refractivity contribution in [2.24, 2.45) is 5.73 Å². The molecule has 0 saturated heterocycles. The second-order valence-electron chi connectivity index (χ2n) is 4.76. The molecule has 4 nitrogen and oxygen atoms in total. The standard InChI is InChI=1S/C15H20N2O2/c1-11(17(2)15(18)8-5-9-16)14-10-12-6-3-4-7-13(12)19-14/h3-4,6-7,10-11H,5,8-9,16H2,1-2H3. The van der Waals surface area contributed by atoms with Gasteiger partial charge in [-0.05, 0) is 32.0 Å². The van der Waals surface area contributed by atoms with Crippen LogP contribution in [0.15, 0.2) is 34.7 Å². The predicted octanol–water partition coefficient (Wildman–Crippen LogP) is 2.69. The summed E-state index contributed by atoms with van der Waals surface area (Å²) in [4.78, 5) is 13.7. The minimum Gasteiger partial charge on any atom is -0.459 e. The molecule has 2 aromatic rings. The van der Waals surface area contributed by atoms with Gasteiger partial charge in [0.25, 0.3) is 0 Å². The Kier molecular flexibility index (Phi) is 4.22. The van der Waals surface area contributed by atoms with Gasteiger partial charge in [-0.3, -0.25) is 4.79 Å². The van der Waals surface area contributed by atoms with Gasteiger partial charge in [-0.2, -0.15) is 0 Å². The molecule has 2 rings (SSSR count). The number of carbonyl (C=O) groups is 1. The molecule has 0 aliphatic rings. The zero-order chi connectivity index (χ0) is 13.8. The van der Waals surface area contributed by atoms with E-state index in [0.717, 1.165) is 23.2 Å². The van der Waals surface area contributed by atoms with Crippen molar-refractivity contribution in [1.82, 2.24) is 4.90 Å². The van der Waals surface area contributed by atoms with Crippen LogP contribution in [0.4, 0.5) is 0 Å². The number of amides is 1. The lowest BCUT2D eigenvalue weighted by Gasteiger charge is -2.23. The van der Waals surface area contributed by atoms with Gasteiger partial charge in [0, 0.05) is 18.9 Å². The van der Waals surface area contributed by atoms with Crippen LogP contribution >= 0.6 is 0 Å². The summed E-state index contributed by atoms with van der Waals surface area (Å²) in [6.45, 7) is 2.51. The van der Waals surface area contributed by atoms with Gasteiger partial charge in [-0.15, -0.1) is 0 Å². The molecule has 1 aromatic heterocycles. The molecule has 2 N–H and O–H groups in total. The maximum Gasteiger partial charge on any atom is 0.222 e. The highest BCUT2D eigenvalue weighted by Gasteiger charge is 2.20. The van der Waals surface area contributed by atoms with Crippen molar-refractivity contribution in [2.45, 2.75) is 25.8 Å². The van der Waals surface area contributed by atoms with Crippen LogP contribution in [0.2, 0.25) is 0 Å². The highest BCUT2D eigenvalue weighted by atomic mass is 16.3. The number of benzene rings is 1. The Bertz CT molecular complexity index is 529. The molecule has 102 valence electrons. The molecule has 0 aliphatic carbocycles. The van der Waals surface area contributed by atoms with Crippen LogP contribution in [-0.2, 0) is 4.79 Å². The monoisotopic (exact) mass is 260 g/mol. The summed E-state index contributed by atoms with van der Waals surface area (Å²) in [5.74, 6) is 0.906. The smallest absolute Gasteiger partial charge is 0.222 e. The zero-order valence-electron chi connectivity index (χ0n) is 11.4. The van der Waals surface area contributed by atoms with E-state index in [1.165, 1.54) is 0 Å². The van der Waals surface area contributed by atoms with Crippen LogP contribution < -0.4 is 5.73 Å². The molecule has 1 aromatic carbocycles. The third kappa shape index (κ3) is 2.96. The number of fused-ring (bicyclic) bond motifs is 1. The Morgan fingerprint density at radius 3 is 2.84 bits per heavy atom. The molecule has 0 bridgehead atoms. The lowest BCUT2D eigenvalue weighted by atomic mass is 10.2. The summed E-state index contributed by atoms with van der Waals surface area (Å²) in [7, 11) is 1.80. The zero-order valence-corrected chi connectivity index (χ0v) is 11.4. The van der Waals surface area contributed by atoms with Gasteiger partial charge in [0.15, 0.2) is 0 Å². The maximum atomic E-state index is 12.0.